The van der Waals surface area contributed by atoms with Gasteiger partial charge in [0.05, 0.1) is 27.4 Å². The predicted octanol–water partition coefficient (Wildman–Crippen LogP) is 9.58. The third kappa shape index (κ3) is 5.07. The van der Waals surface area contributed by atoms with E-state index < -0.39 is 11.2 Å². The minimum absolute atomic E-state index is 0.194. The summed E-state index contributed by atoms with van der Waals surface area (Å²) in [5, 5.41) is 15.4. The van der Waals surface area contributed by atoms with Crippen LogP contribution in [-0.4, -0.2) is 45.6 Å². The van der Waals surface area contributed by atoms with Crippen molar-refractivity contribution in [1.82, 2.24) is 0 Å². The Hall–Kier alpha value is -5.56. The maximum atomic E-state index is 13.5. The lowest BCUT2D eigenvalue weighted by atomic mass is 9.71. The molecule has 6 aromatic carbocycles. The Balaban J connectivity index is 1.36. The van der Waals surface area contributed by atoms with Gasteiger partial charge in [-0.1, -0.05) is 92.7 Å². The molecule has 6 aromatic rings. The van der Waals surface area contributed by atoms with E-state index in [0.717, 1.165) is 104 Å². The molecule has 2 unspecified atom stereocenters. The number of benzene rings is 6. The molecule has 2 atom stereocenters. The molecule has 2 aliphatic heterocycles. The molecular weight excluding hydrogens is 659 g/mol. The van der Waals surface area contributed by atoms with Gasteiger partial charge in [-0.25, -0.2) is 0 Å². The van der Waals surface area contributed by atoms with Gasteiger partial charge in [0.25, 0.3) is 0 Å². The van der Waals surface area contributed by atoms with Crippen molar-refractivity contribution in [2.24, 2.45) is 5.92 Å². The van der Waals surface area contributed by atoms with Crippen LogP contribution in [0.1, 0.15) is 41.7 Å². The molecular formula is C47H43NO5. The molecule has 6 nitrogen and oxygen atoms in total. The molecule has 266 valence electrons. The van der Waals surface area contributed by atoms with Crippen molar-refractivity contribution in [1.29, 1.82) is 0 Å². The van der Waals surface area contributed by atoms with Crippen LogP contribution in [0.2, 0.25) is 0 Å². The summed E-state index contributed by atoms with van der Waals surface area (Å²) in [6, 6.07) is 39.8. The van der Waals surface area contributed by atoms with E-state index in [-0.39, 0.29) is 5.92 Å². The van der Waals surface area contributed by atoms with E-state index in [2.05, 4.69) is 116 Å². The molecule has 6 heteroatoms. The molecule has 0 saturated carbocycles. The summed E-state index contributed by atoms with van der Waals surface area (Å²) in [4.78, 5) is 2.36. The highest BCUT2D eigenvalue weighted by atomic mass is 16.5. The van der Waals surface area contributed by atoms with Crippen molar-refractivity contribution >= 4 is 22.5 Å². The minimum atomic E-state index is -1.38. The fourth-order valence-electron chi connectivity index (χ4n) is 8.70. The second-order valence-electron chi connectivity index (χ2n) is 14.5. The normalized spacial score (nSPS) is 20.2. The lowest BCUT2D eigenvalue weighted by Gasteiger charge is -2.41. The molecule has 0 amide bonds. The van der Waals surface area contributed by atoms with Gasteiger partial charge in [0, 0.05) is 46.4 Å². The molecule has 0 bridgehead atoms. The van der Waals surface area contributed by atoms with Gasteiger partial charge in [-0.15, -0.1) is 0 Å². The van der Waals surface area contributed by atoms with E-state index in [1.165, 1.54) is 0 Å². The zero-order valence-electron chi connectivity index (χ0n) is 30.6. The molecule has 0 aromatic heterocycles. The van der Waals surface area contributed by atoms with Crippen molar-refractivity contribution in [3.8, 4) is 39.5 Å². The molecule has 1 saturated heterocycles. The average molecular weight is 702 g/mol. The van der Waals surface area contributed by atoms with Gasteiger partial charge in [0.15, 0.2) is 5.60 Å². The van der Waals surface area contributed by atoms with Crippen LogP contribution in [0.25, 0.3) is 39.1 Å². The monoisotopic (exact) mass is 701 g/mol. The molecule has 2 heterocycles. The number of aliphatic hydroxyl groups is 1. The Bertz CT molecular complexity index is 2380. The molecule has 53 heavy (non-hydrogen) atoms. The van der Waals surface area contributed by atoms with Gasteiger partial charge >= 0.3 is 0 Å². The number of rotatable bonds is 6. The number of nitrogens with zero attached hydrogens (tertiary/aromatic N) is 1. The number of fused-ring (bicyclic) bond motifs is 10. The van der Waals surface area contributed by atoms with Crippen LogP contribution in [0, 0.1) is 5.92 Å². The van der Waals surface area contributed by atoms with Crippen LogP contribution >= 0.6 is 0 Å². The summed E-state index contributed by atoms with van der Waals surface area (Å²) >= 11 is 0. The third-order valence-corrected chi connectivity index (χ3v) is 11.5. The first-order valence-electron chi connectivity index (χ1n) is 18.4. The Morgan fingerprint density at radius 1 is 0.698 bits per heavy atom. The van der Waals surface area contributed by atoms with Crippen LogP contribution < -0.4 is 19.1 Å². The third-order valence-electron chi connectivity index (χ3n) is 11.5. The Kier molecular flexibility index (Phi) is 8.06. The summed E-state index contributed by atoms with van der Waals surface area (Å²) < 4.78 is 24.8. The maximum absolute atomic E-state index is 13.5. The van der Waals surface area contributed by atoms with E-state index >= 15 is 0 Å². The Morgan fingerprint density at radius 3 is 2.11 bits per heavy atom. The van der Waals surface area contributed by atoms with Crippen molar-refractivity contribution < 1.29 is 24.1 Å². The quantitative estimate of drug-likeness (QED) is 0.187. The van der Waals surface area contributed by atoms with Crippen LogP contribution in [0.5, 0.6) is 17.2 Å². The van der Waals surface area contributed by atoms with Crippen molar-refractivity contribution in [3.05, 3.63) is 149 Å². The molecule has 1 fully saturated rings. The van der Waals surface area contributed by atoms with Gasteiger partial charge in [-0.2, -0.15) is 0 Å². The smallest absolute Gasteiger partial charge is 0.178 e. The number of hydrogen-bond donors (Lipinski definition) is 1. The molecule has 1 N–H and O–H groups in total. The van der Waals surface area contributed by atoms with E-state index in [1.54, 1.807) is 14.2 Å². The molecule has 1 aliphatic carbocycles. The average Bonchev–Trinajstić information content (AvgIpc) is 3.32. The minimum Gasteiger partial charge on any atom is -0.497 e. The molecule has 0 spiro atoms. The second kappa shape index (κ2) is 12.8. The van der Waals surface area contributed by atoms with Gasteiger partial charge in [-0.05, 0) is 87.7 Å². The van der Waals surface area contributed by atoms with E-state index in [9.17, 15) is 5.11 Å². The van der Waals surface area contributed by atoms with Gasteiger partial charge < -0.3 is 29.0 Å². The van der Waals surface area contributed by atoms with Crippen LogP contribution in [0.4, 0.5) is 5.69 Å². The van der Waals surface area contributed by atoms with E-state index in [4.69, 9.17) is 18.9 Å². The van der Waals surface area contributed by atoms with Crippen LogP contribution in [0.15, 0.2) is 121 Å². The summed E-state index contributed by atoms with van der Waals surface area (Å²) in [6.07, 6.45) is 4.36. The first-order chi connectivity index (χ1) is 25.9. The SMILES string of the molecule is COc1ccc2c(c1)-c1ccccc1C(O)(C(C)C)c1c3c(c4cc(OC)ccc4c1-2)OC(c1ccccc1)(c1ccc(N2CCOCC2)cc1)C=C3. The summed E-state index contributed by atoms with van der Waals surface area (Å²) in [5.74, 6) is 1.99. The first kappa shape index (κ1) is 33.3. The molecule has 9 rings (SSSR count). The summed E-state index contributed by atoms with van der Waals surface area (Å²) in [6.45, 7) is 7.38. The van der Waals surface area contributed by atoms with E-state index in [0.29, 0.717) is 5.75 Å². The zero-order valence-corrected chi connectivity index (χ0v) is 30.6. The number of anilines is 1. The summed E-state index contributed by atoms with van der Waals surface area (Å²) in [7, 11) is 3.38. The first-order valence-corrected chi connectivity index (χ1v) is 18.4. The van der Waals surface area contributed by atoms with Crippen molar-refractivity contribution in [3.63, 3.8) is 0 Å². The number of hydrogen-bond acceptors (Lipinski definition) is 6. The van der Waals surface area contributed by atoms with Crippen LogP contribution in [0.3, 0.4) is 0 Å². The van der Waals surface area contributed by atoms with Gasteiger partial charge in [-0.3, -0.25) is 0 Å². The largest absolute Gasteiger partial charge is 0.497 e. The fraction of sp³-hybridized carbons (Fsp3) is 0.234. The number of methoxy groups -OCH3 is 2. The second-order valence-corrected chi connectivity index (χ2v) is 14.5. The van der Waals surface area contributed by atoms with Gasteiger partial charge in [0.2, 0.25) is 0 Å². The Morgan fingerprint density at radius 2 is 1.38 bits per heavy atom. The van der Waals surface area contributed by atoms with Crippen molar-refractivity contribution in [2.75, 3.05) is 45.4 Å². The van der Waals surface area contributed by atoms with Crippen molar-refractivity contribution in [2.45, 2.75) is 25.0 Å². The fourth-order valence-corrected chi connectivity index (χ4v) is 8.70. The van der Waals surface area contributed by atoms with Crippen LogP contribution in [-0.2, 0) is 15.9 Å². The molecule has 0 radical (unpaired) electrons. The van der Waals surface area contributed by atoms with E-state index in [1.807, 2.05) is 30.3 Å². The summed E-state index contributed by atoms with van der Waals surface area (Å²) in [5.41, 5.74) is 7.37. The predicted molar refractivity (Wildman–Crippen MR) is 212 cm³/mol. The Labute approximate surface area is 310 Å². The molecule has 3 aliphatic rings. The topological polar surface area (TPSA) is 60.4 Å². The standard InChI is InChI=1S/C47H43NO5/c1-30(2)47(49)42-13-9-8-12-36(42)40-28-34(50-3)18-20-37(40)43-38-21-19-35(51-4)29-41(38)45-39(44(43)47)22-23-46(53-45,31-10-6-5-7-11-31)32-14-16-33(17-15-32)48-24-26-52-27-25-48/h5-23,28-30,49H,24-27H2,1-4H3. The number of morpholine rings is 1. The highest BCUT2D eigenvalue weighted by Gasteiger charge is 2.47. The lowest BCUT2D eigenvalue weighted by molar-refractivity contribution is 0.0324. The lowest BCUT2D eigenvalue weighted by Crippen LogP contribution is -2.38. The zero-order chi connectivity index (χ0) is 36.3. The highest BCUT2D eigenvalue weighted by molar-refractivity contribution is 6.09. The highest BCUT2D eigenvalue weighted by Crippen LogP contribution is 2.58. The number of ether oxygens (including phenoxy) is 4. The maximum Gasteiger partial charge on any atom is 0.178 e. The van der Waals surface area contributed by atoms with Gasteiger partial charge in [0.1, 0.15) is 22.8 Å².